The van der Waals surface area contributed by atoms with Crippen LogP contribution >= 0.6 is 0 Å². The Balaban J connectivity index is 1.66. The molecule has 25 heavy (non-hydrogen) atoms. The van der Waals surface area contributed by atoms with Crippen LogP contribution in [0.25, 0.3) is 10.9 Å². The fourth-order valence-corrected chi connectivity index (χ4v) is 4.96. The fraction of sp³-hybridized carbons (Fsp3) is 0.364. The topological polar surface area (TPSA) is 28.3 Å². The Kier molecular flexibility index (Phi) is 3.39. The summed E-state index contributed by atoms with van der Waals surface area (Å²) in [4.78, 5) is 6.45. The number of nitrogens with zero attached hydrogens (tertiary/aromatic N) is 1. The highest BCUT2D eigenvalue weighted by Gasteiger charge is 2.39. The van der Waals surface area contributed by atoms with Gasteiger partial charge in [0, 0.05) is 29.2 Å². The molecule has 2 aliphatic heterocycles. The average Bonchev–Trinajstić information content (AvgIpc) is 3.03. The highest BCUT2D eigenvalue weighted by molar-refractivity contribution is 5.85. The minimum absolute atomic E-state index is 0.478. The molecule has 2 aromatic carbocycles. The van der Waals surface area contributed by atoms with Crippen molar-refractivity contribution in [3.63, 3.8) is 0 Å². The predicted molar refractivity (Wildman–Crippen MR) is 101 cm³/mol. The molecule has 1 unspecified atom stereocenters. The normalized spacial score (nSPS) is 22.3. The van der Waals surface area contributed by atoms with E-state index in [-0.39, 0.29) is 0 Å². The lowest BCUT2D eigenvalue weighted by molar-refractivity contribution is 0.102. The van der Waals surface area contributed by atoms with E-state index in [0.717, 1.165) is 31.6 Å². The summed E-state index contributed by atoms with van der Waals surface area (Å²) in [5, 5.41) is 1.40. The summed E-state index contributed by atoms with van der Waals surface area (Å²) in [6.07, 6.45) is 3.34. The lowest BCUT2D eigenvalue weighted by Crippen LogP contribution is -2.42. The van der Waals surface area contributed by atoms with Gasteiger partial charge in [-0.3, -0.25) is 4.90 Å². The SMILES string of the molecule is CCC1c2[nH]c3ccccc3c2C[C@H]2c3ccc(OC)cc3CCN12. The molecule has 0 fully saturated rings. The Hall–Kier alpha value is -2.26. The first-order chi connectivity index (χ1) is 12.3. The van der Waals surface area contributed by atoms with Gasteiger partial charge in [-0.05, 0) is 54.2 Å². The minimum Gasteiger partial charge on any atom is -0.497 e. The van der Waals surface area contributed by atoms with E-state index in [0.29, 0.717) is 12.1 Å². The molecule has 0 spiro atoms. The van der Waals surface area contributed by atoms with E-state index >= 15 is 0 Å². The van der Waals surface area contributed by atoms with Crippen molar-refractivity contribution in [2.75, 3.05) is 13.7 Å². The van der Waals surface area contributed by atoms with Gasteiger partial charge >= 0.3 is 0 Å². The molecule has 3 aromatic rings. The van der Waals surface area contributed by atoms with Crippen LogP contribution in [0.3, 0.4) is 0 Å². The van der Waals surface area contributed by atoms with Gasteiger partial charge in [0.15, 0.2) is 0 Å². The van der Waals surface area contributed by atoms with Crippen molar-refractivity contribution >= 4 is 10.9 Å². The molecule has 0 radical (unpaired) electrons. The maximum atomic E-state index is 5.44. The molecule has 128 valence electrons. The first kappa shape index (κ1) is 15.0. The van der Waals surface area contributed by atoms with Crippen LogP contribution in [0.4, 0.5) is 0 Å². The summed E-state index contributed by atoms with van der Waals surface area (Å²) in [7, 11) is 1.75. The lowest BCUT2D eigenvalue weighted by Gasteiger charge is -2.45. The molecule has 3 nitrogen and oxygen atoms in total. The van der Waals surface area contributed by atoms with Gasteiger partial charge in [0.05, 0.1) is 13.2 Å². The summed E-state index contributed by atoms with van der Waals surface area (Å²) < 4.78 is 5.44. The van der Waals surface area contributed by atoms with Gasteiger partial charge in [-0.25, -0.2) is 0 Å². The van der Waals surface area contributed by atoms with Crippen LogP contribution in [-0.4, -0.2) is 23.5 Å². The summed E-state index contributed by atoms with van der Waals surface area (Å²) in [5.74, 6) is 0.975. The third kappa shape index (κ3) is 2.15. The lowest BCUT2D eigenvalue weighted by atomic mass is 9.82. The molecule has 0 aliphatic carbocycles. The molecule has 1 N–H and O–H groups in total. The Morgan fingerprint density at radius 3 is 2.92 bits per heavy atom. The van der Waals surface area contributed by atoms with Crippen molar-refractivity contribution in [2.24, 2.45) is 0 Å². The number of ether oxygens (including phenoxy) is 1. The van der Waals surface area contributed by atoms with Gasteiger partial charge in [-0.2, -0.15) is 0 Å². The first-order valence-corrected chi connectivity index (χ1v) is 9.32. The number of hydrogen-bond donors (Lipinski definition) is 1. The van der Waals surface area contributed by atoms with E-state index in [9.17, 15) is 0 Å². The zero-order valence-electron chi connectivity index (χ0n) is 14.9. The number of benzene rings is 2. The van der Waals surface area contributed by atoms with Gasteiger partial charge < -0.3 is 9.72 Å². The summed E-state index contributed by atoms with van der Waals surface area (Å²) in [6, 6.07) is 16.4. The molecule has 2 aliphatic rings. The Bertz CT molecular complexity index is 942. The molecule has 0 bridgehead atoms. The van der Waals surface area contributed by atoms with Crippen LogP contribution in [0.15, 0.2) is 42.5 Å². The van der Waals surface area contributed by atoms with Crippen LogP contribution in [-0.2, 0) is 12.8 Å². The molecule has 0 saturated heterocycles. The number of para-hydroxylation sites is 1. The highest BCUT2D eigenvalue weighted by atomic mass is 16.5. The van der Waals surface area contributed by atoms with Crippen LogP contribution in [0.5, 0.6) is 5.75 Å². The van der Waals surface area contributed by atoms with Gasteiger partial charge in [0.1, 0.15) is 5.75 Å². The summed E-state index contributed by atoms with van der Waals surface area (Å²) in [6.45, 7) is 3.43. The van der Waals surface area contributed by atoms with Gasteiger partial charge in [0.25, 0.3) is 0 Å². The monoisotopic (exact) mass is 332 g/mol. The average molecular weight is 332 g/mol. The molecule has 0 amide bonds. The van der Waals surface area contributed by atoms with E-state index in [1.54, 1.807) is 7.11 Å². The van der Waals surface area contributed by atoms with Gasteiger partial charge in [-0.1, -0.05) is 31.2 Å². The second-order valence-electron chi connectivity index (χ2n) is 7.26. The van der Waals surface area contributed by atoms with Crippen molar-refractivity contribution in [2.45, 2.75) is 38.3 Å². The highest BCUT2D eigenvalue weighted by Crippen LogP contribution is 2.47. The number of aromatic amines is 1. The van der Waals surface area contributed by atoms with Crippen LogP contribution in [0.1, 0.15) is 47.8 Å². The number of H-pyrrole nitrogens is 1. The second kappa shape index (κ2) is 5.63. The van der Waals surface area contributed by atoms with E-state index in [1.807, 2.05) is 0 Å². The number of fused-ring (bicyclic) bond motifs is 6. The molecule has 2 atom stereocenters. The molecule has 3 heteroatoms. The fourth-order valence-electron chi connectivity index (χ4n) is 4.96. The number of hydrogen-bond acceptors (Lipinski definition) is 2. The third-order valence-corrected chi connectivity index (χ3v) is 6.11. The van der Waals surface area contributed by atoms with Gasteiger partial charge in [0.2, 0.25) is 0 Å². The van der Waals surface area contributed by atoms with Crippen molar-refractivity contribution in [1.82, 2.24) is 9.88 Å². The number of nitrogens with one attached hydrogen (secondary N) is 1. The molecular weight excluding hydrogens is 308 g/mol. The maximum Gasteiger partial charge on any atom is 0.119 e. The standard InChI is InChI=1S/C22H24N2O/c1-3-20-22-18(17-6-4-5-7-19(17)23-22)13-21-16-9-8-15(25-2)12-14(16)10-11-24(20)21/h4-9,12,20-21,23H,3,10-11,13H2,1-2H3/t20?,21-/m0/s1. The zero-order chi connectivity index (χ0) is 17.0. The Morgan fingerprint density at radius 2 is 2.08 bits per heavy atom. The Labute approximate surface area is 148 Å². The number of methoxy groups -OCH3 is 1. The van der Waals surface area contributed by atoms with Crippen molar-refractivity contribution in [3.05, 3.63) is 64.8 Å². The number of rotatable bonds is 2. The van der Waals surface area contributed by atoms with E-state index < -0.39 is 0 Å². The molecule has 3 heterocycles. The minimum atomic E-state index is 0.478. The first-order valence-electron chi connectivity index (χ1n) is 9.32. The largest absolute Gasteiger partial charge is 0.497 e. The van der Waals surface area contributed by atoms with E-state index in [1.165, 1.54) is 33.3 Å². The molecule has 0 saturated carbocycles. The third-order valence-electron chi connectivity index (χ3n) is 6.11. The van der Waals surface area contributed by atoms with Crippen LogP contribution < -0.4 is 4.74 Å². The smallest absolute Gasteiger partial charge is 0.119 e. The second-order valence-corrected chi connectivity index (χ2v) is 7.26. The number of aromatic nitrogens is 1. The molecule has 5 rings (SSSR count). The quantitative estimate of drug-likeness (QED) is 0.731. The van der Waals surface area contributed by atoms with Crippen molar-refractivity contribution in [3.8, 4) is 5.75 Å². The Morgan fingerprint density at radius 1 is 1.20 bits per heavy atom. The predicted octanol–water partition coefficient (Wildman–Crippen LogP) is 4.78. The maximum absolute atomic E-state index is 5.44. The van der Waals surface area contributed by atoms with E-state index in [4.69, 9.17) is 4.74 Å². The van der Waals surface area contributed by atoms with Gasteiger partial charge in [-0.15, -0.1) is 0 Å². The molecular formula is C22H24N2O. The summed E-state index contributed by atoms with van der Waals surface area (Å²) >= 11 is 0. The summed E-state index contributed by atoms with van der Waals surface area (Å²) in [5.41, 5.74) is 7.19. The molecule has 1 aromatic heterocycles. The van der Waals surface area contributed by atoms with Crippen LogP contribution in [0, 0.1) is 0 Å². The van der Waals surface area contributed by atoms with E-state index in [2.05, 4.69) is 59.3 Å². The van der Waals surface area contributed by atoms with Crippen molar-refractivity contribution in [1.29, 1.82) is 0 Å². The van der Waals surface area contributed by atoms with Crippen LogP contribution in [0.2, 0.25) is 0 Å². The zero-order valence-corrected chi connectivity index (χ0v) is 14.9. The van der Waals surface area contributed by atoms with Crippen molar-refractivity contribution < 1.29 is 4.74 Å².